The van der Waals surface area contributed by atoms with Crippen molar-refractivity contribution < 1.29 is 23.8 Å². The summed E-state index contributed by atoms with van der Waals surface area (Å²) < 4.78 is 20.6. The van der Waals surface area contributed by atoms with Gasteiger partial charge in [0.25, 0.3) is 0 Å². The molecular weight excluding hydrogens is 409 g/mol. The average Bonchev–Trinajstić information content (AvgIpc) is 2.75. The Labute approximate surface area is 183 Å². The lowest BCUT2D eigenvalue weighted by Crippen LogP contribution is -2.11. The van der Waals surface area contributed by atoms with E-state index in [-0.39, 0.29) is 12.0 Å². The molecule has 160 valence electrons. The molecule has 4 aromatic rings. The molecule has 0 atom stereocenters. The van der Waals surface area contributed by atoms with Crippen LogP contribution in [-0.4, -0.2) is 29.0 Å². The van der Waals surface area contributed by atoms with Gasteiger partial charge >= 0.3 is 5.97 Å². The van der Waals surface area contributed by atoms with Crippen LogP contribution in [0.25, 0.3) is 32.8 Å². The van der Waals surface area contributed by atoms with Crippen LogP contribution < -0.4 is 4.74 Å². The Morgan fingerprint density at radius 1 is 1.19 bits per heavy atom. The molecule has 0 radical (unpaired) electrons. The Morgan fingerprint density at radius 3 is 2.75 bits per heavy atom. The highest BCUT2D eigenvalue weighted by Gasteiger charge is 2.24. The number of carboxylic acids is 1. The van der Waals surface area contributed by atoms with Gasteiger partial charge in [0.05, 0.1) is 24.1 Å². The number of rotatable bonds is 4. The monoisotopic (exact) mass is 429 g/mol. The molecule has 0 fully saturated rings. The molecule has 0 amide bonds. The fraction of sp³-hybridized carbons (Fsp3) is 0.192. The Morgan fingerprint density at radius 2 is 2.00 bits per heavy atom. The third-order valence-electron chi connectivity index (χ3n) is 6.18. The maximum Gasteiger partial charge on any atom is 0.307 e. The van der Waals surface area contributed by atoms with Gasteiger partial charge in [0.1, 0.15) is 11.6 Å². The molecule has 1 aliphatic heterocycles. The lowest BCUT2D eigenvalue weighted by Gasteiger charge is -2.23. The smallest absolute Gasteiger partial charge is 0.307 e. The summed E-state index contributed by atoms with van der Waals surface area (Å²) in [5, 5.41) is 11.8. The van der Waals surface area contributed by atoms with Crippen LogP contribution in [0.1, 0.15) is 32.6 Å². The molecular formula is C26H20FNO4. The fourth-order valence-electron chi connectivity index (χ4n) is 4.78. The third-order valence-corrected chi connectivity index (χ3v) is 6.18. The predicted molar refractivity (Wildman–Crippen MR) is 120 cm³/mol. The topological polar surface area (TPSA) is 76.5 Å². The molecule has 5 rings (SSSR count). The van der Waals surface area contributed by atoms with Crippen molar-refractivity contribution in [3.63, 3.8) is 0 Å². The number of halogens is 1. The zero-order valence-electron chi connectivity index (χ0n) is 17.7. The number of aliphatic carboxylic acids is 1. The number of pyridine rings is 1. The predicted octanol–water partition coefficient (Wildman–Crippen LogP) is 5.19. The first-order chi connectivity index (χ1) is 15.4. The Balaban J connectivity index is 1.98. The van der Waals surface area contributed by atoms with Gasteiger partial charge in [-0.2, -0.15) is 0 Å². The second kappa shape index (κ2) is 7.41. The maximum atomic E-state index is 14.7. The summed E-state index contributed by atoms with van der Waals surface area (Å²) >= 11 is 0. The van der Waals surface area contributed by atoms with Gasteiger partial charge in [-0.15, -0.1) is 0 Å². The van der Waals surface area contributed by atoms with Crippen LogP contribution in [0.5, 0.6) is 5.75 Å². The minimum Gasteiger partial charge on any atom is -0.493 e. The standard InChI is InChI=1S/C26H20FNO4/c1-13-7-16-9-17(12-29)20(27)10-19(16)25(18(13)11-22(30)31)23-14(2)8-21-24-15(4-6-32-21)3-5-28-26(23)24/h3,5,7-10,12H,4,6,11H2,1-2H3,(H,30,31). The first-order valence-electron chi connectivity index (χ1n) is 10.4. The molecule has 3 aromatic carbocycles. The van der Waals surface area contributed by atoms with Gasteiger partial charge in [-0.1, -0.05) is 6.07 Å². The number of ether oxygens (including phenoxy) is 1. The second-order valence-electron chi connectivity index (χ2n) is 8.19. The zero-order valence-corrected chi connectivity index (χ0v) is 17.7. The van der Waals surface area contributed by atoms with E-state index in [1.54, 1.807) is 12.3 Å². The molecule has 0 saturated carbocycles. The summed E-state index contributed by atoms with van der Waals surface area (Å²) in [7, 11) is 0. The number of benzene rings is 3. The van der Waals surface area contributed by atoms with Crippen molar-refractivity contribution >= 4 is 33.9 Å². The third kappa shape index (κ3) is 3.02. The number of aromatic nitrogens is 1. The SMILES string of the molecule is Cc1cc2cc(C=O)c(F)cc2c(-c2c(C)cc3c4c(ccnc24)CCO3)c1CC(=O)O. The van der Waals surface area contributed by atoms with E-state index in [0.29, 0.717) is 40.3 Å². The molecule has 1 N–H and O–H groups in total. The largest absolute Gasteiger partial charge is 0.493 e. The van der Waals surface area contributed by atoms with Gasteiger partial charge in [0.2, 0.25) is 0 Å². The van der Waals surface area contributed by atoms with Gasteiger partial charge in [0, 0.05) is 23.6 Å². The number of fused-ring (bicyclic) bond motifs is 1. The quantitative estimate of drug-likeness (QED) is 0.452. The van der Waals surface area contributed by atoms with Gasteiger partial charge in [-0.25, -0.2) is 4.39 Å². The van der Waals surface area contributed by atoms with E-state index in [1.807, 2.05) is 26.0 Å². The van der Waals surface area contributed by atoms with E-state index in [2.05, 4.69) is 4.98 Å². The lowest BCUT2D eigenvalue weighted by atomic mass is 9.84. The minimum atomic E-state index is -0.977. The summed E-state index contributed by atoms with van der Waals surface area (Å²) in [5.74, 6) is -0.868. The van der Waals surface area contributed by atoms with Crippen molar-refractivity contribution in [1.82, 2.24) is 4.98 Å². The van der Waals surface area contributed by atoms with Gasteiger partial charge in [-0.05, 0) is 76.7 Å². The highest BCUT2D eigenvalue weighted by molar-refractivity contribution is 6.10. The van der Waals surface area contributed by atoms with E-state index in [1.165, 1.54) is 12.1 Å². The Kier molecular flexibility index (Phi) is 4.66. The van der Waals surface area contributed by atoms with E-state index in [4.69, 9.17) is 4.74 Å². The summed E-state index contributed by atoms with van der Waals surface area (Å²) in [6.45, 7) is 4.34. The molecule has 1 aliphatic rings. The van der Waals surface area contributed by atoms with Crippen LogP contribution in [0.4, 0.5) is 4.39 Å². The van der Waals surface area contributed by atoms with Crippen molar-refractivity contribution in [2.75, 3.05) is 6.61 Å². The number of nitrogens with zero attached hydrogens (tertiary/aromatic N) is 1. The van der Waals surface area contributed by atoms with Crippen LogP contribution in [0, 0.1) is 19.7 Å². The molecule has 2 heterocycles. The highest BCUT2D eigenvalue weighted by Crippen LogP contribution is 2.44. The number of aryl methyl sites for hydroxylation is 2. The number of hydrogen-bond acceptors (Lipinski definition) is 4. The molecule has 32 heavy (non-hydrogen) atoms. The molecule has 0 saturated heterocycles. The second-order valence-corrected chi connectivity index (χ2v) is 8.19. The lowest BCUT2D eigenvalue weighted by molar-refractivity contribution is -0.136. The molecule has 5 nitrogen and oxygen atoms in total. The Bertz CT molecular complexity index is 1460. The molecule has 6 heteroatoms. The van der Waals surface area contributed by atoms with Crippen molar-refractivity contribution in [3.05, 3.63) is 70.2 Å². The van der Waals surface area contributed by atoms with Crippen LogP contribution in [0.15, 0.2) is 36.5 Å². The number of hydrogen-bond donors (Lipinski definition) is 1. The zero-order chi connectivity index (χ0) is 22.6. The van der Waals surface area contributed by atoms with Crippen LogP contribution >= 0.6 is 0 Å². The van der Waals surface area contributed by atoms with Gasteiger partial charge < -0.3 is 9.84 Å². The summed E-state index contributed by atoms with van der Waals surface area (Å²) in [5.41, 5.74) is 5.41. The van der Waals surface area contributed by atoms with E-state index >= 15 is 0 Å². The first-order valence-corrected chi connectivity index (χ1v) is 10.4. The number of carbonyl (C=O) groups excluding carboxylic acids is 1. The van der Waals surface area contributed by atoms with Crippen LogP contribution in [0.3, 0.4) is 0 Å². The van der Waals surface area contributed by atoms with E-state index in [9.17, 15) is 19.1 Å². The van der Waals surface area contributed by atoms with Crippen molar-refractivity contribution in [2.45, 2.75) is 26.7 Å². The van der Waals surface area contributed by atoms with Gasteiger partial charge in [-0.3, -0.25) is 14.6 Å². The summed E-state index contributed by atoms with van der Waals surface area (Å²) in [4.78, 5) is 27.7. The van der Waals surface area contributed by atoms with Crippen molar-refractivity contribution in [3.8, 4) is 16.9 Å². The van der Waals surface area contributed by atoms with E-state index in [0.717, 1.165) is 39.8 Å². The molecule has 0 bridgehead atoms. The number of carbonyl (C=O) groups is 2. The molecule has 0 aliphatic carbocycles. The molecule has 0 spiro atoms. The maximum absolute atomic E-state index is 14.7. The summed E-state index contributed by atoms with van der Waals surface area (Å²) in [6.07, 6.45) is 2.77. The van der Waals surface area contributed by atoms with Crippen molar-refractivity contribution in [2.24, 2.45) is 0 Å². The van der Waals surface area contributed by atoms with Crippen molar-refractivity contribution in [1.29, 1.82) is 0 Å². The summed E-state index contributed by atoms with van der Waals surface area (Å²) in [6, 6.07) is 8.55. The molecule has 1 aromatic heterocycles. The first kappa shape index (κ1) is 20.1. The fourth-order valence-corrected chi connectivity index (χ4v) is 4.78. The van der Waals surface area contributed by atoms with Crippen LogP contribution in [-0.2, 0) is 17.6 Å². The average molecular weight is 429 g/mol. The van der Waals surface area contributed by atoms with Gasteiger partial charge in [0.15, 0.2) is 6.29 Å². The molecule has 0 unspecified atom stereocenters. The number of aldehydes is 1. The minimum absolute atomic E-state index is 0.0334. The van der Waals surface area contributed by atoms with E-state index < -0.39 is 11.8 Å². The Hall–Kier alpha value is -3.80. The highest BCUT2D eigenvalue weighted by atomic mass is 19.1. The van der Waals surface area contributed by atoms with Crippen LogP contribution in [0.2, 0.25) is 0 Å². The normalized spacial score (nSPS) is 12.7. The number of carboxylic acid groups (broad SMARTS) is 1.